The fourth-order valence-corrected chi connectivity index (χ4v) is 3.33. The predicted molar refractivity (Wildman–Crippen MR) is 73.8 cm³/mol. The van der Waals surface area contributed by atoms with E-state index in [9.17, 15) is 0 Å². The molecule has 18 heavy (non-hydrogen) atoms. The number of hydrogen-bond donors (Lipinski definition) is 1. The maximum absolute atomic E-state index is 5.71. The highest BCUT2D eigenvalue weighted by Gasteiger charge is 2.29. The monoisotopic (exact) mass is 255 g/mol. The molecule has 0 aliphatic carbocycles. The Bertz CT molecular complexity index is 229. The Morgan fingerprint density at radius 1 is 1.33 bits per heavy atom. The number of hydrogen-bond acceptors (Lipinski definition) is 3. The van der Waals surface area contributed by atoms with Gasteiger partial charge in [0.15, 0.2) is 0 Å². The van der Waals surface area contributed by atoms with Crippen molar-refractivity contribution >= 4 is 0 Å². The van der Waals surface area contributed by atoms with Gasteiger partial charge in [-0.1, -0.05) is 6.92 Å². The fraction of sp³-hybridized carbons (Fsp3) is 1.00. The molecule has 2 saturated heterocycles. The lowest BCUT2D eigenvalue weighted by Gasteiger charge is -2.24. The van der Waals surface area contributed by atoms with Gasteiger partial charge in [-0.05, 0) is 52.0 Å². The van der Waals surface area contributed by atoms with Crippen LogP contribution in [0.2, 0.25) is 0 Å². The topological polar surface area (TPSA) is 30.5 Å². The van der Waals surface area contributed by atoms with E-state index < -0.39 is 0 Å². The summed E-state index contributed by atoms with van der Waals surface area (Å²) < 4.78 is 11.4. The average Bonchev–Trinajstić information content (AvgIpc) is 2.99. The molecule has 0 radical (unpaired) electrons. The third kappa shape index (κ3) is 4.22. The molecule has 2 fully saturated rings. The maximum Gasteiger partial charge on any atom is 0.0576 e. The molecule has 0 aromatic heterocycles. The standard InChI is InChI=1S/C15H29NO2/c1-3-16-15(13-10-12(2)18-11-13)8-4-6-14-7-5-9-17-14/h12-16H,3-11H2,1-2H3. The average molecular weight is 255 g/mol. The molecule has 3 heteroatoms. The van der Waals surface area contributed by atoms with E-state index in [4.69, 9.17) is 9.47 Å². The second-order valence-corrected chi connectivity index (χ2v) is 5.87. The fourth-order valence-electron chi connectivity index (χ4n) is 3.33. The predicted octanol–water partition coefficient (Wildman–Crippen LogP) is 2.74. The van der Waals surface area contributed by atoms with E-state index in [0.29, 0.717) is 24.2 Å². The largest absolute Gasteiger partial charge is 0.378 e. The Balaban J connectivity index is 1.68. The zero-order chi connectivity index (χ0) is 12.8. The number of nitrogens with one attached hydrogen (secondary N) is 1. The van der Waals surface area contributed by atoms with E-state index in [2.05, 4.69) is 19.2 Å². The van der Waals surface area contributed by atoms with Crippen molar-refractivity contribution in [3.63, 3.8) is 0 Å². The molecule has 0 saturated carbocycles. The van der Waals surface area contributed by atoms with Gasteiger partial charge in [-0.3, -0.25) is 0 Å². The summed E-state index contributed by atoms with van der Waals surface area (Å²) in [5.74, 6) is 0.712. The Labute approximate surface area is 112 Å². The van der Waals surface area contributed by atoms with E-state index in [1.54, 1.807) is 0 Å². The van der Waals surface area contributed by atoms with Crippen LogP contribution in [0.5, 0.6) is 0 Å². The van der Waals surface area contributed by atoms with Crippen molar-refractivity contribution in [3.05, 3.63) is 0 Å². The van der Waals surface area contributed by atoms with Crippen LogP contribution in [-0.4, -0.2) is 38.0 Å². The first-order chi connectivity index (χ1) is 8.79. The van der Waals surface area contributed by atoms with Crippen LogP contribution in [0.15, 0.2) is 0 Å². The van der Waals surface area contributed by atoms with Crippen molar-refractivity contribution in [2.24, 2.45) is 5.92 Å². The van der Waals surface area contributed by atoms with Crippen molar-refractivity contribution in [1.82, 2.24) is 5.32 Å². The van der Waals surface area contributed by atoms with E-state index in [1.807, 2.05) is 0 Å². The van der Waals surface area contributed by atoms with Crippen molar-refractivity contribution in [2.45, 2.75) is 70.6 Å². The second-order valence-electron chi connectivity index (χ2n) is 5.87. The van der Waals surface area contributed by atoms with Crippen molar-refractivity contribution in [1.29, 1.82) is 0 Å². The van der Waals surface area contributed by atoms with Gasteiger partial charge >= 0.3 is 0 Å². The van der Waals surface area contributed by atoms with E-state index in [0.717, 1.165) is 19.8 Å². The number of rotatable bonds is 7. The zero-order valence-corrected chi connectivity index (χ0v) is 12.0. The molecule has 2 aliphatic rings. The zero-order valence-electron chi connectivity index (χ0n) is 12.0. The van der Waals surface area contributed by atoms with Crippen molar-refractivity contribution < 1.29 is 9.47 Å². The lowest BCUT2D eigenvalue weighted by atomic mass is 9.92. The maximum atomic E-state index is 5.71. The second kappa shape index (κ2) is 7.46. The van der Waals surface area contributed by atoms with Gasteiger partial charge in [0.1, 0.15) is 0 Å². The van der Waals surface area contributed by atoms with Crippen LogP contribution in [-0.2, 0) is 9.47 Å². The SMILES string of the molecule is CCNC(CCCC1CCCO1)C1COC(C)C1. The van der Waals surface area contributed by atoms with Gasteiger partial charge in [0.05, 0.1) is 18.8 Å². The molecule has 4 atom stereocenters. The lowest BCUT2D eigenvalue weighted by Crippen LogP contribution is -2.36. The smallest absolute Gasteiger partial charge is 0.0576 e. The summed E-state index contributed by atoms with van der Waals surface area (Å²) in [6.45, 7) is 7.38. The molecule has 106 valence electrons. The highest BCUT2D eigenvalue weighted by molar-refractivity contribution is 4.82. The Morgan fingerprint density at radius 3 is 2.83 bits per heavy atom. The summed E-state index contributed by atoms with van der Waals surface area (Å²) in [6, 6.07) is 0.640. The molecule has 2 heterocycles. The van der Waals surface area contributed by atoms with Gasteiger partial charge in [-0.2, -0.15) is 0 Å². The van der Waals surface area contributed by atoms with Gasteiger partial charge in [0, 0.05) is 18.6 Å². The van der Waals surface area contributed by atoms with Gasteiger partial charge in [-0.15, -0.1) is 0 Å². The molecule has 3 nitrogen and oxygen atoms in total. The number of ether oxygens (including phenoxy) is 2. The molecule has 2 aliphatic heterocycles. The van der Waals surface area contributed by atoms with E-state index in [1.165, 1.54) is 38.5 Å². The molecule has 0 aromatic rings. The minimum absolute atomic E-state index is 0.453. The van der Waals surface area contributed by atoms with Crippen LogP contribution in [0.4, 0.5) is 0 Å². The molecule has 2 rings (SSSR count). The summed E-state index contributed by atoms with van der Waals surface area (Å²) in [4.78, 5) is 0. The molecule has 1 N–H and O–H groups in total. The quantitative estimate of drug-likeness (QED) is 0.759. The van der Waals surface area contributed by atoms with Crippen LogP contribution in [0.1, 0.15) is 52.4 Å². The summed E-state index contributed by atoms with van der Waals surface area (Å²) in [5.41, 5.74) is 0. The molecule has 4 unspecified atom stereocenters. The molecule has 0 spiro atoms. The van der Waals surface area contributed by atoms with E-state index in [-0.39, 0.29) is 0 Å². The Hall–Kier alpha value is -0.120. The first kappa shape index (κ1) is 14.3. The van der Waals surface area contributed by atoms with Gasteiger partial charge in [-0.25, -0.2) is 0 Å². The van der Waals surface area contributed by atoms with Crippen LogP contribution >= 0.6 is 0 Å². The van der Waals surface area contributed by atoms with Gasteiger partial charge < -0.3 is 14.8 Å². The van der Waals surface area contributed by atoms with Crippen molar-refractivity contribution in [3.8, 4) is 0 Å². The van der Waals surface area contributed by atoms with Crippen LogP contribution < -0.4 is 5.32 Å². The highest BCUT2D eigenvalue weighted by atomic mass is 16.5. The lowest BCUT2D eigenvalue weighted by molar-refractivity contribution is 0.0992. The third-order valence-corrected chi connectivity index (χ3v) is 4.33. The Morgan fingerprint density at radius 2 is 2.22 bits per heavy atom. The molecular weight excluding hydrogens is 226 g/mol. The molecule has 0 aromatic carbocycles. The van der Waals surface area contributed by atoms with Crippen molar-refractivity contribution in [2.75, 3.05) is 19.8 Å². The normalized spacial score (nSPS) is 34.0. The van der Waals surface area contributed by atoms with Gasteiger partial charge in [0.2, 0.25) is 0 Å². The summed E-state index contributed by atoms with van der Waals surface area (Å²) in [6.07, 6.45) is 8.55. The van der Waals surface area contributed by atoms with Crippen LogP contribution in [0.3, 0.4) is 0 Å². The molecule has 0 bridgehead atoms. The molecule has 0 amide bonds. The highest BCUT2D eigenvalue weighted by Crippen LogP contribution is 2.26. The molecular formula is C15H29NO2. The van der Waals surface area contributed by atoms with Crippen LogP contribution in [0.25, 0.3) is 0 Å². The minimum Gasteiger partial charge on any atom is -0.378 e. The minimum atomic E-state index is 0.453. The Kier molecular flexibility index (Phi) is 5.93. The third-order valence-electron chi connectivity index (χ3n) is 4.33. The summed E-state index contributed by atoms with van der Waals surface area (Å²) in [7, 11) is 0. The van der Waals surface area contributed by atoms with Gasteiger partial charge in [0.25, 0.3) is 0 Å². The van der Waals surface area contributed by atoms with E-state index >= 15 is 0 Å². The summed E-state index contributed by atoms with van der Waals surface area (Å²) >= 11 is 0. The van der Waals surface area contributed by atoms with Crippen LogP contribution in [0, 0.1) is 5.92 Å². The first-order valence-corrected chi connectivity index (χ1v) is 7.76. The first-order valence-electron chi connectivity index (χ1n) is 7.76. The summed E-state index contributed by atoms with van der Waals surface area (Å²) in [5, 5.41) is 3.65.